The molecule has 4 heteroatoms. The molecule has 0 N–H and O–H groups in total. The van der Waals surface area contributed by atoms with E-state index >= 15 is 0 Å². The topological polar surface area (TPSA) is 33.2 Å². The van der Waals surface area contributed by atoms with Crippen LogP contribution in [0.25, 0.3) is 17.0 Å². The SMILES string of the molecule is O=C(/C=C/c1cccc2cccnc12)N1CCC[C@H]1c1ccc(F)cc1. The van der Waals surface area contributed by atoms with E-state index in [1.54, 1.807) is 24.4 Å². The summed E-state index contributed by atoms with van der Waals surface area (Å²) < 4.78 is 13.2. The minimum absolute atomic E-state index is 0.0124. The Labute approximate surface area is 151 Å². The maximum Gasteiger partial charge on any atom is 0.247 e. The number of benzene rings is 2. The van der Waals surface area contributed by atoms with Crippen LogP contribution in [0.2, 0.25) is 0 Å². The predicted octanol–water partition coefficient (Wildman–Crippen LogP) is 4.75. The molecule has 1 atom stereocenters. The summed E-state index contributed by atoms with van der Waals surface area (Å²) in [5.74, 6) is -0.280. The summed E-state index contributed by atoms with van der Waals surface area (Å²) in [5, 5.41) is 1.05. The van der Waals surface area contributed by atoms with Gasteiger partial charge in [-0.3, -0.25) is 9.78 Å². The number of likely N-dealkylation sites (tertiary alicyclic amines) is 1. The normalized spacial score (nSPS) is 17.3. The lowest BCUT2D eigenvalue weighted by Crippen LogP contribution is -2.28. The molecule has 1 aliphatic heterocycles. The Hall–Kier alpha value is -3.01. The number of para-hydroxylation sites is 1. The third-order valence-corrected chi connectivity index (χ3v) is 4.86. The number of aromatic nitrogens is 1. The fraction of sp³-hybridized carbons (Fsp3) is 0.182. The Morgan fingerprint density at radius 2 is 1.92 bits per heavy atom. The first-order valence-corrected chi connectivity index (χ1v) is 8.80. The first-order valence-electron chi connectivity index (χ1n) is 8.80. The lowest BCUT2D eigenvalue weighted by atomic mass is 10.0. The van der Waals surface area contributed by atoms with Crippen LogP contribution in [0.15, 0.2) is 66.9 Å². The number of hydrogen-bond acceptors (Lipinski definition) is 2. The zero-order valence-electron chi connectivity index (χ0n) is 14.3. The van der Waals surface area contributed by atoms with Crippen LogP contribution in [0, 0.1) is 5.82 Å². The van der Waals surface area contributed by atoms with E-state index < -0.39 is 0 Å². The molecule has 1 aromatic heterocycles. The first kappa shape index (κ1) is 16.5. The number of hydrogen-bond donors (Lipinski definition) is 0. The van der Waals surface area contributed by atoms with Crippen LogP contribution in [-0.2, 0) is 4.79 Å². The fourth-order valence-electron chi connectivity index (χ4n) is 3.58. The third-order valence-electron chi connectivity index (χ3n) is 4.86. The van der Waals surface area contributed by atoms with Gasteiger partial charge in [-0.2, -0.15) is 0 Å². The summed E-state index contributed by atoms with van der Waals surface area (Å²) in [5.41, 5.74) is 2.79. The fourth-order valence-corrected chi connectivity index (χ4v) is 3.58. The average Bonchev–Trinajstić information content (AvgIpc) is 3.16. The van der Waals surface area contributed by atoms with Crippen LogP contribution < -0.4 is 0 Å². The number of amides is 1. The number of halogens is 1. The van der Waals surface area contributed by atoms with Crippen molar-refractivity contribution in [1.29, 1.82) is 0 Å². The molecule has 2 aromatic carbocycles. The van der Waals surface area contributed by atoms with Crippen molar-refractivity contribution in [2.75, 3.05) is 6.54 Å². The molecule has 3 aromatic rings. The summed E-state index contributed by atoms with van der Waals surface area (Å²) >= 11 is 0. The van der Waals surface area contributed by atoms with E-state index in [0.717, 1.165) is 41.4 Å². The van der Waals surface area contributed by atoms with E-state index in [4.69, 9.17) is 0 Å². The molecule has 0 unspecified atom stereocenters. The van der Waals surface area contributed by atoms with Crippen molar-refractivity contribution < 1.29 is 9.18 Å². The highest BCUT2D eigenvalue weighted by atomic mass is 19.1. The third kappa shape index (κ3) is 3.23. The zero-order valence-corrected chi connectivity index (χ0v) is 14.3. The standard InChI is InChI=1S/C22H19FN2O/c23-19-11-8-16(9-12-19)20-7-3-15-25(20)21(26)13-10-18-5-1-4-17-6-2-14-24-22(17)18/h1-2,4-6,8-14,20H,3,7,15H2/b13-10+/t20-/m0/s1. The van der Waals surface area contributed by atoms with Crippen molar-refractivity contribution >= 4 is 22.9 Å². The van der Waals surface area contributed by atoms with Gasteiger partial charge in [-0.05, 0) is 42.7 Å². The number of carbonyl (C=O) groups excluding carboxylic acids is 1. The molecule has 0 saturated carbocycles. The molecular weight excluding hydrogens is 327 g/mol. The lowest BCUT2D eigenvalue weighted by Gasteiger charge is -2.23. The van der Waals surface area contributed by atoms with Gasteiger partial charge < -0.3 is 4.90 Å². The van der Waals surface area contributed by atoms with Crippen LogP contribution in [0.3, 0.4) is 0 Å². The molecule has 1 aliphatic rings. The van der Waals surface area contributed by atoms with E-state index in [1.165, 1.54) is 12.1 Å². The van der Waals surface area contributed by atoms with Gasteiger partial charge in [0.15, 0.2) is 0 Å². The molecule has 130 valence electrons. The van der Waals surface area contributed by atoms with Gasteiger partial charge >= 0.3 is 0 Å². The molecule has 4 rings (SSSR count). The summed E-state index contributed by atoms with van der Waals surface area (Å²) in [7, 11) is 0. The maximum absolute atomic E-state index is 13.2. The van der Waals surface area contributed by atoms with Crippen LogP contribution in [0.5, 0.6) is 0 Å². The van der Waals surface area contributed by atoms with Gasteiger partial charge in [-0.1, -0.05) is 36.4 Å². The second-order valence-electron chi connectivity index (χ2n) is 6.50. The Kier molecular flexibility index (Phi) is 4.48. The highest BCUT2D eigenvalue weighted by Crippen LogP contribution is 2.32. The molecular formula is C22H19FN2O. The molecule has 0 spiro atoms. The molecule has 0 aliphatic carbocycles. The summed E-state index contributed by atoms with van der Waals surface area (Å²) in [6.45, 7) is 0.721. The van der Waals surface area contributed by atoms with Crippen molar-refractivity contribution in [3.05, 3.63) is 83.8 Å². The summed E-state index contributed by atoms with van der Waals surface area (Å²) in [6, 6.07) is 16.3. The van der Waals surface area contributed by atoms with Crippen molar-refractivity contribution in [2.45, 2.75) is 18.9 Å². The number of nitrogens with zero attached hydrogens (tertiary/aromatic N) is 2. The lowest BCUT2D eigenvalue weighted by molar-refractivity contribution is -0.126. The minimum Gasteiger partial charge on any atom is -0.332 e. The van der Waals surface area contributed by atoms with Gasteiger partial charge in [0.2, 0.25) is 5.91 Å². The number of rotatable bonds is 3. The molecule has 3 nitrogen and oxygen atoms in total. The van der Waals surface area contributed by atoms with Crippen LogP contribution in [0.1, 0.15) is 30.0 Å². The summed E-state index contributed by atoms with van der Waals surface area (Å²) in [4.78, 5) is 19.0. The van der Waals surface area contributed by atoms with Crippen molar-refractivity contribution in [2.24, 2.45) is 0 Å². The molecule has 2 heterocycles. The monoisotopic (exact) mass is 346 g/mol. The van der Waals surface area contributed by atoms with E-state index in [2.05, 4.69) is 4.98 Å². The minimum atomic E-state index is -0.257. The number of carbonyl (C=O) groups is 1. The molecule has 0 radical (unpaired) electrons. The van der Waals surface area contributed by atoms with Gasteiger partial charge in [0, 0.05) is 29.8 Å². The van der Waals surface area contributed by atoms with Gasteiger partial charge in [-0.25, -0.2) is 4.39 Å². The van der Waals surface area contributed by atoms with Crippen molar-refractivity contribution in [1.82, 2.24) is 9.88 Å². The predicted molar refractivity (Wildman–Crippen MR) is 101 cm³/mol. The smallest absolute Gasteiger partial charge is 0.247 e. The van der Waals surface area contributed by atoms with E-state index in [0.29, 0.717) is 0 Å². The first-order chi connectivity index (χ1) is 12.7. The van der Waals surface area contributed by atoms with E-state index in [1.807, 2.05) is 41.3 Å². The largest absolute Gasteiger partial charge is 0.332 e. The van der Waals surface area contributed by atoms with Crippen molar-refractivity contribution in [3.8, 4) is 0 Å². The molecule has 1 saturated heterocycles. The zero-order chi connectivity index (χ0) is 17.9. The van der Waals surface area contributed by atoms with Gasteiger partial charge in [-0.15, -0.1) is 0 Å². The van der Waals surface area contributed by atoms with E-state index in [9.17, 15) is 9.18 Å². The average molecular weight is 346 g/mol. The number of fused-ring (bicyclic) bond motifs is 1. The molecule has 0 bridgehead atoms. The van der Waals surface area contributed by atoms with Crippen LogP contribution >= 0.6 is 0 Å². The van der Waals surface area contributed by atoms with Crippen LogP contribution in [-0.4, -0.2) is 22.3 Å². The van der Waals surface area contributed by atoms with Crippen molar-refractivity contribution in [3.63, 3.8) is 0 Å². The van der Waals surface area contributed by atoms with Gasteiger partial charge in [0.1, 0.15) is 5.82 Å². The second-order valence-corrected chi connectivity index (χ2v) is 6.50. The highest BCUT2D eigenvalue weighted by Gasteiger charge is 2.28. The van der Waals surface area contributed by atoms with Gasteiger partial charge in [0.05, 0.1) is 11.6 Å². The van der Waals surface area contributed by atoms with Gasteiger partial charge in [0.25, 0.3) is 0 Å². The Bertz CT molecular complexity index is 960. The Morgan fingerprint density at radius 1 is 1.12 bits per heavy atom. The Balaban J connectivity index is 1.57. The van der Waals surface area contributed by atoms with Crippen LogP contribution in [0.4, 0.5) is 4.39 Å². The molecule has 1 amide bonds. The Morgan fingerprint density at radius 3 is 2.77 bits per heavy atom. The highest BCUT2D eigenvalue weighted by molar-refractivity contribution is 5.95. The second kappa shape index (κ2) is 7.08. The maximum atomic E-state index is 13.2. The number of pyridine rings is 1. The van der Waals surface area contributed by atoms with E-state index in [-0.39, 0.29) is 17.8 Å². The summed E-state index contributed by atoms with van der Waals surface area (Å²) in [6.07, 6.45) is 7.06. The molecule has 26 heavy (non-hydrogen) atoms. The molecule has 1 fully saturated rings. The quantitative estimate of drug-likeness (QED) is 0.641.